The zero-order valence-corrected chi connectivity index (χ0v) is 23.3. The maximum absolute atomic E-state index is 13.7. The third-order valence-electron chi connectivity index (χ3n) is 9.38. The lowest BCUT2D eigenvalue weighted by Gasteiger charge is -2.62. The van der Waals surface area contributed by atoms with E-state index in [-0.39, 0.29) is 35.4 Å². The standard InChI is InChI=1S/C23H26INO7S.C2H6/c1-21-10-17(27)13-8-15-18-19(32-33-24)16-9-22(15,31-20(30-18)25(16)11-26)4-2-12(13)14(21)3-5-23(21)28-6-7-29-23;1-2/h8,11,14,16,18-20H,2-7,9-10H2,1H3;1-2H3. The van der Waals surface area contributed by atoms with E-state index in [1.54, 1.807) is 4.90 Å². The number of hydrogen-bond acceptors (Lipinski definition) is 8. The molecule has 4 aliphatic carbocycles. The van der Waals surface area contributed by atoms with E-state index in [9.17, 15) is 9.59 Å². The van der Waals surface area contributed by atoms with Gasteiger partial charge in [0.2, 0.25) is 12.8 Å². The highest BCUT2D eigenvalue weighted by Gasteiger charge is 2.67. The maximum Gasteiger partial charge on any atom is 0.244 e. The van der Waals surface area contributed by atoms with Crippen molar-refractivity contribution in [2.75, 3.05) is 13.2 Å². The highest BCUT2D eigenvalue weighted by Crippen LogP contribution is 2.64. The lowest BCUT2D eigenvalue weighted by molar-refractivity contribution is -0.377. The average molecular weight is 618 g/mol. The second-order valence-electron chi connectivity index (χ2n) is 10.5. The molecule has 2 spiro atoms. The normalized spacial score (nSPS) is 44.3. The van der Waals surface area contributed by atoms with Crippen LogP contribution in [0.5, 0.6) is 0 Å². The Kier molecular flexibility index (Phi) is 6.22. The fourth-order valence-electron chi connectivity index (χ4n) is 7.91. The summed E-state index contributed by atoms with van der Waals surface area (Å²) in [6.45, 7) is 7.36. The van der Waals surface area contributed by atoms with Crippen molar-refractivity contribution in [3.05, 3.63) is 22.8 Å². The lowest BCUT2D eigenvalue weighted by atomic mass is 9.63. The number of hydrogen-bond donors (Lipinski definition) is 0. The summed E-state index contributed by atoms with van der Waals surface area (Å²) in [6.07, 6.45) is 5.97. The topological polar surface area (TPSA) is 83.5 Å². The van der Waals surface area contributed by atoms with Gasteiger partial charge < -0.3 is 18.9 Å². The van der Waals surface area contributed by atoms with Gasteiger partial charge in [-0.1, -0.05) is 26.3 Å². The number of nitrogens with zero attached hydrogens (tertiary/aromatic N) is 1. The molecule has 0 aromatic rings. The molecule has 0 radical (unpaired) electrons. The average Bonchev–Trinajstić information content (AvgIpc) is 3.39. The smallest absolute Gasteiger partial charge is 0.244 e. The second-order valence-corrected chi connectivity index (χ2v) is 11.9. The quantitative estimate of drug-likeness (QED) is 0.265. The Bertz CT molecular complexity index is 996. The Morgan fingerprint density at radius 2 is 2.03 bits per heavy atom. The first-order valence-electron chi connectivity index (χ1n) is 12.7. The molecule has 7 unspecified atom stereocenters. The van der Waals surface area contributed by atoms with Crippen LogP contribution in [0.25, 0.3) is 0 Å². The van der Waals surface area contributed by atoms with E-state index in [0.717, 1.165) is 43.2 Å². The number of ketones is 1. The van der Waals surface area contributed by atoms with Crippen molar-refractivity contribution in [2.24, 2.45) is 11.3 Å². The molecule has 4 heterocycles. The maximum atomic E-state index is 13.7. The third kappa shape index (κ3) is 3.23. The molecule has 192 valence electrons. The van der Waals surface area contributed by atoms with Gasteiger partial charge in [-0.3, -0.25) is 18.7 Å². The van der Waals surface area contributed by atoms with Crippen molar-refractivity contribution < 1.29 is 32.7 Å². The number of amides is 1. The van der Waals surface area contributed by atoms with Crippen molar-refractivity contribution in [1.29, 1.82) is 0 Å². The molecule has 7 atom stereocenters. The molecule has 8 nitrogen and oxygen atoms in total. The van der Waals surface area contributed by atoms with E-state index >= 15 is 0 Å². The number of allylic oxidation sites excluding steroid dienone is 3. The molecule has 4 bridgehead atoms. The Hall–Kier alpha value is -0.500. The molecule has 1 amide bonds. The Balaban J connectivity index is 0.00000112. The summed E-state index contributed by atoms with van der Waals surface area (Å²) in [6, 6.07) is -0.106. The van der Waals surface area contributed by atoms with E-state index in [4.69, 9.17) is 23.1 Å². The first-order valence-corrected chi connectivity index (χ1v) is 16.0. The largest absolute Gasteiger partial charge is 0.347 e. The Morgan fingerprint density at radius 1 is 1.26 bits per heavy atom. The summed E-state index contributed by atoms with van der Waals surface area (Å²) < 4.78 is 31.0. The van der Waals surface area contributed by atoms with Crippen LogP contribution in [0.15, 0.2) is 22.8 Å². The summed E-state index contributed by atoms with van der Waals surface area (Å²) in [5.41, 5.74) is 2.17. The van der Waals surface area contributed by atoms with Gasteiger partial charge in [0.15, 0.2) is 11.6 Å². The first-order chi connectivity index (χ1) is 17.0. The van der Waals surface area contributed by atoms with Gasteiger partial charge in [0.1, 0.15) is 12.2 Å². The Labute approximate surface area is 222 Å². The van der Waals surface area contributed by atoms with Gasteiger partial charge in [-0.25, -0.2) is 0 Å². The highest BCUT2D eigenvalue weighted by atomic mass is 127. The summed E-state index contributed by atoms with van der Waals surface area (Å²) in [5.74, 6) is -0.248. The van der Waals surface area contributed by atoms with Crippen LogP contribution < -0.4 is 0 Å². The molecule has 4 aliphatic heterocycles. The second kappa shape index (κ2) is 8.78. The number of carbonyl (C=O) groups is 2. The molecule has 35 heavy (non-hydrogen) atoms. The summed E-state index contributed by atoms with van der Waals surface area (Å²) >= 11 is 2.10. The lowest BCUT2D eigenvalue weighted by Crippen LogP contribution is -2.74. The van der Waals surface area contributed by atoms with Gasteiger partial charge in [-0.2, -0.15) is 0 Å². The van der Waals surface area contributed by atoms with E-state index in [1.807, 2.05) is 13.8 Å². The fourth-order valence-corrected chi connectivity index (χ4v) is 8.94. The van der Waals surface area contributed by atoms with Gasteiger partial charge in [0.05, 0.1) is 34.1 Å². The minimum atomic E-state index is -0.700. The van der Waals surface area contributed by atoms with Crippen molar-refractivity contribution in [3.8, 4) is 0 Å². The van der Waals surface area contributed by atoms with Crippen LogP contribution in [0.2, 0.25) is 0 Å². The van der Waals surface area contributed by atoms with Crippen LogP contribution in [-0.2, 0) is 32.7 Å². The van der Waals surface area contributed by atoms with Crippen molar-refractivity contribution in [1.82, 2.24) is 4.90 Å². The zero-order valence-electron chi connectivity index (χ0n) is 20.3. The van der Waals surface area contributed by atoms with Crippen LogP contribution in [0.4, 0.5) is 0 Å². The van der Waals surface area contributed by atoms with Crippen molar-refractivity contribution in [2.45, 2.75) is 95.3 Å². The minimum Gasteiger partial charge on any atom is -0.347 e. The zero-order chi connectivity index (χ0) is 24.6. The van der Waals surface area contributed by atoms with E-state index < -0.39 is 17.8 Å². The first kappa shape index (κ1) is 24.8. The summed E-state index contributed by atoms with van der Waals surface area (Å²) in [7, 11) is 1.25. The number of rotatable bonds is 3. The van der Waals surface area contributed by atoms with Gasteiger partial charge in [-0.05, 0) is 36.8 Å². The summed E-state index contributed by atoms with van der Waals surface area (Å²) in [4.78, 5) is 27.1. The van der Waals surface area contributed by atoms with Gasteiger partial charge in [0, 0.05) is 51.5 Å². The van der Waals surface area contributed by atoms with Crippen LogP contribution in [0.3, 0.4) is 0 Å². The number of carbonyl (C=O) groups excluding carboxylic acids is 2. The minimum absolute atomic E-state index is 0.106. The fraction of sp³-hybridized carbons (Fsp3) is 0.760. The number of fused-ring (bicyclic) bond motifs is 3. The molecule has 8 rings (SSSR count). The van der Waals surface area contributed by atoms with E-state index in [1.165, 1.54) is 14.8 Å². The van der Waals surface area contributed by atoms with Crippen molar-refractivity contribution >= 4 is 42.6 Å². The number of Topliss-reactive ketones (excluding diaryl/α,β-unsaturated/α-hetero) is 1. The SMILES string of the molecule is CC.CC12CC(=O)C3=C(CCC45CC6C(OSI)C(OC(O4)N6C=O)C5=C3)C1CCC21OCCO1. The monoisotopic (exact) mass is 617 g/mol. The Morgan fingerprint density at radius 3 is 2.74 bits per heavy atom. The molecule has 10 heteroatoms. The van der Waals surface area contributed by atoms with Crippen LogP contribution >= 0.6 is 30.4 Å². The molecular formula is C25H32INO7S. The number of halogens is 1. The van der Waals surface area contributed by atoms with Gasteiger partial charge in [-0.15, -0.1) is 0 Å². The van der Waals surface area contributed by atoms with Crippen molar-refractivity contribution in [3.63, 3.8) is 0 Å². The van der Waals surface area contributed by atoms with Crippen LogP contribution in [-0.4, -0.2) is 66.4 Å². The molecule has 2 saturated carbocycles. The molecule has 0 aromatic carbocycles. The highest BCUT2D eigenvalue weighted by molar-refractivity contribution is 14.2. The van der Waals surface area contributed by atoms with Crippen LogP contribution in [0.1, 0.15) is 59.3 Å². The molecule has 0 aromatic heterocycles. The molecule has 6 fully saturated rings. The molecule has 0 N–H and O–H groups in total. The number of ether oxygens (including phenoxy) is 4. The molecular weight excluding hydrogens is 585 g/mol. The predicted octanol–water partition coefficient (Wildman–Crippen LogP) is 4.23. The molecule has 4 saturated heterocycles. The summed E-state index contributed by atoms with van der Waals surface area (Å²) in [5, 5.41) is 0. The van der Waals surface area contributed by atoms with Crippen LogP contribution in [0, 0.1) is 11.3 Å². The van der Waals surface area contributed by atoms with Gasteiger partial charge >= 0.3 is 0 Å². The van der Waals surface area contributed by atoms with Gasteiger partial charge in [0.25, 0.3) is 0 Å². The molecule has 8 aliphatic rings. The third-order valence-corrected chi connectivity index (χ3v) is 10.3. The predicted molar refractivity (Wildman–Crippen MR) is 136 cm³/mol. The van der Waals surface area contributed by atoms with E-state index in [0.29, 0.717) is 26.1 Å². The van der Waals surface area contributed by atoms with E-state index in [2.05, 4.69) is 34.2 Å².